The lowest BCUT2D eigenvalue weighted by Crippen LogP contribution is -2.53. The first-order valence-corrected chi connectivity index (χ1v) is 10.3. The lowest BCUT2D eigenvalue weighted by Gasteiger charge is -2.51. The van der Waals surface area contributed by atoms with Crippen LogP contribution in [0.5, 0.6) is 5.75 Å². The maximum Gasteiger partial charge on any atom is 0.336 e. The van der Waals surface area contributed by atoms with Crippen LogP contribution in [0.25, 0.3) is 11.0 Å². The molecule has 0 spiro atoms. The van der Waals surface area contributed by atoms with Crippen LogP contribution in [0.4, 0.5) is 0 Å². The van der Waals surface area contributed by atoms with Crippen molar-refractivity contribution in [1.29, 1.82) is 0 Å². The average molecular weight is 401 g/mol. The molecule has 2 N–H and O–H groups in total. The van der Waals surface area contributed by atoms with Gasteiger partial charge in [-0.2, -0.15) is 0 Å². The number of rotatable bonds is 6. The number of benzene rings is 1. The van der Waals surface area contributed by atoms with Crippen LogP contribution in [0, 0.1) is 11.3 Å². The Bertz CT molecular complexity index is 938. The van der Waals surface area contributed by atoms with Crippen molar-refractivity contribution >= 4 is 11.0 Å². The summed E-state index contributed by atoms with van der Waals surface area (Å²) in [5.41, 5.74) is 0.249. The second kappa shape index (κ2) is 8.33. The number of ether oxygens (including phenoxy) is 1. The molecule has 1 aromatic heterocycles. The predicted molar refractivity (Wildman–Crippen MR) is 114 cm³/mol. The fourth-order valence-electron chi connectivity index (χ4n) is 4.58. The van der Waals surface area contributed by atoms with Crippen LogP contribution in [0.15, 0.2) is 51.2 Å². The summed E-state index contributed by atoms with van der Waals surface area (Å²) in [5, 5.41) is 22.1. The molecule has 3 atom stereocenters. The molecular weight excluding hydrogens is 368 g/mol. The summed E-state index contributed by atoms with van der Waals surface area (Å²) >= 11 is 0. The van der Waals surface area contributed by atoms with E-state index >= 15 is 0 Å². The fourth-order valence-corrected chi connectivity index (χ4v) is 4.58. The molecule has 1 fully saturated rings. The van der Waals surface area contributed by atoms with Gasteiger partial charge in [0.15, 0.2) is 0 Å². The van der Waals surface area contributed by atoms with Crippen molar-refractivity contribution in [1.82, 2.24) is 0 Å². The van der Waals surface area contributed by atoms with Crippen LogP contribution in [-0.2, 0) is 0 Å². The zero-order valence-electron chi connectivity index (χ0n) is 17.8. The number of aliphatic hydroxyl groups excluding tert-OH is 1. The summed E-state index contributed by atoms with van der Waals surface area (Å²) in [7, 11) is 0. The number of aliphatic hydroxyl groups is 2. The van der Waals surface area contributed by atoms with Crippen molar-refractivity contribution in [2.24, 2.45) is 11.3 Å². The van der Waals surface area contributed by atoms with Crippen LogP contribution < -0.4 is 10.4 Å². The van der Waals surface area contributed by atoms with Gasteiger partial charge in [-0.1, -0.05) is 19.4 Å². The molecular formula is C24H32O5. The zero-order valence-corrected chi connectivity index (χ0v) is 17.8. The maximum atomic E-state index is 11.4. The van der Waals surface area contributed by atoms with Gasteiger partial charge in [-0.15, -0.1) is 0 Å². The third-order valence-corrected chi connectivity index (χ3v) is 6.54. The Balaban J connectivity index is 1.58. The summed E-state index contributed by atoms with van der Waals surface area (Å²) < 4.78 is 11.0. The average Bonchev–Trinajstić information content (AvgIpc) is 2.64. The summed E-state index contributed by atoms with van der Waals surface area (Å²) in [6, 6.07) is 8.58. The van der Waals surface area contributed by atoms with Crippen molar-refractivity contribution in [2.75, 3.05) is 6.61 Å². The summed E-state index contributed by atoms with van der Waals surface area (Å²) in [6.45, 7) is 8.48. The monoisotopic (exact) mass is 400 g/mol. The van der Waals surface area contributed by atoms with Gasteiger partial charge in [-0.3, -0.25) is 0 Å². The highest BCUT2D eigenvalue weighted by atomic mass is 16.5. The SMILES string of the molecule is C/C(=C\COc1ccc2ccc(=O)oc2c1)CC[C@H]1C(C)(C)[C@H](O)CC[C@]1(C)O. The molecule has 3 rings (SSSR count). The van der Waals surface area contributed by atoms with Crippen LogP contribution >= 0.6 is 0 Å². The van der Waals surface area contributed by atoms with E-state index in [9.17, 15) is 15.0 Å². The molecule has 158 valence electrons. The highest BCUT2D eigenvalue weighted by Crippen LogP contribution is 2.48. The molecule has 1 aliphatic carbocycles. The third-order valence-electron chi connectivity index (χ3n) is 6.54. The minimum Gasteiger partial charge on any atom is -0.489 e. The zero-order chi connectivity index (χ0) is 21.2. The van der Waals surface area contributed by atoms with Gasteiger partial charge in [0, 0.05) is 17.5 Å². The molecule has 0 saturated heterocycles. The third kappa shape index (κ3) is 4.90. The predicted octanol–water partition coefficient (Wildman–Crippen LogP) is 4.45. The van der Waals surface area contributed by atoms with E-state index in [-0.39, 0.29) is 23.1 Å². The Morgan fingerprint density at radius 2 is 2.00 bits per heavy atom. The summed E-state index contributed by atoms with van der Waals surface area (Å²) in [4.78, 5) is 11.4. The van der Waals surface area contributed by atoms with Gasteiger partial charge in [0.05, 0.1) is 11.7 Å². The van der Waals surface area contributed by atoms with Crippen LogP contribution in [-0.4, -0.2) is 28.5 Å². The molecule has 1 saturated carbocycles. The minimum atomic E-state index is -0.755. The van der Waals surface area contributed by atoms with E-state index < -0.39 is 5.60 Å². The van der Waals surface area contributed by atoms with Crippen LogP contribution in [0.1, 0.15) is 53.4 Å². The first-order valence-electron chi connectivity index (χ1n) is 10.3. The highest BCUT2D eigenvalue weighted by molar-refractivity contribution is 5.77. The van der Waals surface area contributed by atoms with Gasteiger partial charge in [0.1, 0.15) is 17.9 Å². The van der Waals surface area contributed by atoms with Crippen molar-refractivity contribution in [3.8, 4) is 5.75 Å². The number of allylic oxidation sites excluding steroid dienone is 1. The molecule has 0 aliphatic heterocycles. The molecule has 5 nitrogen and oxygen atoms in total. The Labute approximate surface area is 172 Å². The van der Waals surface area contributed by atoms with E-state index in [1.807, 2.05) is 25.1 Å². The Hall–Kier alpha value is -2.11. The molecule has 0 bridgehead atoms. The molecule has 1 heterocycles. The van der Waals surface area contributed by atoms with E-state index in [2.05, 4.69) is 20.8 Å². The molecule has 5 heteroatoms. The molecule has 1 aromatic carbocycles. The Morgan fingerprint density at radius 1 is 1.28 bits per heavy atom. The molecule has 1 aliphatic rings. The van der Waals surface area contributed by atoms with Gasteiger partial charge >= 0.3 is 5.63 Å². The largest absolute Gasteiger partial charge is 0.489 e. The van der Waals surface area contributed by atoms with E-state index in [4.69, 9.17) is 9.15 Å². The van der Waals surface area contributed by atoms with E-state index in [0.717, 1.165) is 18.2 Å². The smallest absolute Gasteiger partial charge is 0.336 e. The normalized spacial score (nSPS) is 27.2. The summed E-state index contributed by atoms with van der Waals surface area (Å²) in [6.07, 6.45) is 4.59. The van der Waals surface area contributed by atoms with Gasteiger partial charge in [0.25, 0.3) is 0 Å². The second-order valence-electron chi connectivity index (χ2n) is 9.14. The number of fused-ring (bicyclic) bond motifs is 1. The lowest BCUT2D eigenvalue weighted by molar-refractivity contribution is -0.145. The summed E-state index contributed by atoms with van der Waals surface area (Å²) in [5.74, 6) is 0.682. The van der Waals surface area contributed by atoms with Gasteiger partial charge in [-0.05, 0) is 75.1 Å². The van der Waals surface area contributed by atoms with Gasteiger partial charge in [0.2, 0.25) is 0 Å². The number of hydrogen-bond donors (Lipinski definition) is 2. The van der Waals surface area contributed by atoms with Gasteiger partial charge < -0.3 is 19.4 Å². The maximum absolute atomic E-state index is 11.4. The second-order valence-corrected chi connectivity index (χ2v) is 9.14. The Morgan fingerprint density at radius 3 is 2.76 bits per heavy atom. The molecule has 0 radical (unpaired) electrons. The van der Waals surface area contributed by atoms with Gasteiger partial charge in [-0.25, -0.2) is 4.79 Å². The van der Waals surface area contributed by atoms with Crippen molar-refractivity contribution in [2.45, 2.75) is 65.1 Å². The quantitative estimate of drug-likeness (QED) is 0.553. The van der Waals surface area contributed by atoms with E-state index in [0.29, 0.717) is 30.8 Å². The first-order chi connectivity index (χ1) is 13.6. The van der Waals surface area contributed by atoms with Crippen LogP contribution in [0.2, 0.25) is 0 Å². The molecule has 29 heavy (non-hydrogen) atoms. The molecule has 0 amide bonds. The molecule has 0 unspecified atom stereocenters. The Kier molecular flexibility index (Phi) is 6.20. The molecule has 2 aromatic rings. The minimum absolute atomic E-state index is 0.0337. The topological polar surface area (TPSA) is 79.9 Å². The lowest BCUT2D eigenvalue weighted by atomic mass is 9.59. The van der Waals surface area contributed by atoms with Crippen molar-refractivity contribution < 1.29 is 19.4 Å². The standard InChI is InChI=1S/C24H32O5/c1-16(5-9-20-23(2,3)21(25)11-13-24(20,4)27)12-14-28-18-8-6-17-7-10-22(26)29-19(17)15-18/h6-8,10,12,15,20-21,25,27H,5,9,11,13-14H2,1-4H3/b16-12+/t20-,21+,24-/m0/s1. The van der Waals surface area contributed by atoms with E-state index in [1.54, 1.807) is 12.1 Å². The van der Waals surface area contributed by atoms with Crippen LogP contribution in [0.3, 0.4) is 0 Å². The fraction of sp³-hybridized carbons (Fsp3) is 0.542. The number of hydrogen-bond acceptors (Lipinski definition) is 5. The highest BCUT2D eigenvalue weighted by Gasteiger charge is 2.49. The van der Waals surface area contributed by atoms with E-state index in [1.165, 1.54) is 11.6 Å². The first kappa shape index (κ1) is 21.6. The van der Waals surface area contributed by atoms with Crippen molar-refractivity contribution in [3.63, 3.8) is 0 Å². The van der Waals surface area contributed by atoms with Crippen molar-refractivity contribution in [3.05, 3.63) is 52.4 Å².